The van der Waals surface area contributed by atoms with Gasteiger partial charge in [-0.05, 0) is 44.7 Å². The molecule has 8 heteroatoms. The molecule has 5 rings (SSSR count). The Kier molecular flexibility index (Phi) is 5.58. The number of methoxy groups -OCH3 is 1. The van der Waals surface area contributed by atoms with E-state index in [1.165, 1.54) is 0 Å². The van der Waals surface area contributed by atoms with E-state index in [-0.39, 0.29) is 18.9 Å². The van der Waals surface area contributed by atoms with Crippen LogP contribution in [-0.4, -0.2) is 55.3 Å². The summed E-state index contributed by atoms with van der Waals surface area (Å²) in [6, 6.07) is 6.26. The van der Waals surface area contributed by atoms with Gasteiger partial charge >= 0.3 is 5.97 Å². The maximum atomic E-state index is 12.6. The first-order valence-electron chi connectivity index (χ1n) is 11.1. The van der Waals surface area contributed by atoms with E-state index in [1.807, 2.05) is 4.68 Å². The molecule has 1 aromatic carbocycles. The molecule has 1 unspecified atom stereocenters. The van der Waals surface area contributed by atoms with Crippen LogP contribution in [-0.2, 0) is 20.8 Å². The highest BCUT2D eigenvalue weighted by molar-refractivity contribution is 5.92. The van der Waals surface area contributed by atoms with E-state index < -0.39 is 5.97 Å². The summed E-state index contributed by atoms with van der Waals surface area (Å²) in [6.07, 6.45) is 4.10. The van der Waals surface area contributed by atoms with Gasteiger partial charge in [-0.3, -0.25) is 0 Å². The Morgan fingerprint density at radius 1 is 1.29 bits per heavy atom. The van der Waals surface area contributed by atoms with Gasteiger partial charge in [0.2, 0.25) is 0 Å². The fraction of sp³-hybridized carbons (Fsp3) is 0.565. The SMILES string of the molecule is CCOC(=O)c1nn(C2CCCCO2)c2c1COc1cc(N3CC[C@H](OC)C3)ccc1-2. The van der Waals surface area contributed by atoms with E-state index in [0.29, 0.717) is 18.9 Å². The molecule has 1 aromatic heterocycles. The maximum Gasteiger partial charge on any atom is 0.359 e. The van der Waals surface area contributed by atoms with Gasteiger partial charge in [0.15, 0.2) is 11.9 Å². The van der Waals surface area contributed by atoms with Gasteiger partial charge in [0.1, 0.15) is 12.4 Å². The van der Waals surface area contributed by atoms with Crippen LogP contribution in [0.1, 0.15) is 54.9 Å². The Bertz CT molecular complexity index is 966. The topological polar surface area (TPSA) is 75.0 Å². The Labute approximate surface area is 182 Å². The van der Waals surface area contributed by atoms with Crippen LogP contribution in [0.15, 0.2) is 18.2 Å². The number of ether oxygens (including phenoxy) is 4. The van der Waals surface area contributed by atoms with Crippen molar-refractivity contribution in [2.24, 2.45) is 0 Å². The first-order chi connectivity index (χ1) is 15.2. The van der Waals surface area contributed by atoms with Crippen LogP contribution in [0.2, 0.25) is 0 Å². The quantitative estimate of drug-likeness (QED) is 0.676. The van der Waals surface area contributed by atoms with E-state index in [0.717, 1.165) is 67.0 Å². The number of benzene rings is 1. The van der Waals surface area contributed by atoms with Crippen molar-refractivity contribution in [2.45, 2.75) is 51.5 Å². The Balaban J connectivity index is 1.54. The summed E-state index contributed by atoms with van der Waals surface area (Å²) < 4.78 is 24.8. The number of esters is 1. The van der Waals surface area contributed by atoms with Gasteiger partial charge in [-0.25, -0.2) is 9.48 Å². The largest absolute Gasteiger partial charge is 0.488 e. The summed E-state index contributed by atoms with van der Waals surface area (Å²) in [6.45, 7) is 4.93. The first-order valence-corrected chi connectivity index (χ1v) is 11.1. The molecule has 3 aliphatic rings. The third kappa shape index (κ3) is 3.68. The van der Waals surface area contributed by atoms with Gasteiger partial charge < -0.3 is 23.8 Å². The molecule has 4 heterocycles. The number of nitrogens with zero attached hydrogens (tertiary/aromatic N) is 3. The van der Waals surface area contributed by atoms with E-state index in [1.54, 1.807) is 14.0 Å². The lowest BCUT2D eigenvalue weighted by Crippen LogP contribution is -2.23. The number of rotatable bonds is 5. The third-order valence-corrected chi connectivity index (χ3v) is 6.34. The molecule has 0 N–H and O–H groups in total. The van der Waals surface area contributed by atoms with Crippen molar-refractivity contribution in [3.63, 3.8) is 0 Å². The third-order valence-electron chi connectivity index (χ3n) is 6.34. The van der Waals surface area contributed by atoms with Crippen LogP contribution in [0.3, 0.4) is 0 Å². The maximum absolute atomic E-state index is 12.6. The fourth-order valence-electron chi connectivity index (χ4n) is 4.71. The van der Waals surface area contributed by atoms with Crippen molar-refractivity contribution in [3.05, 3.63) is 29.5 Å². The smallest absolute Gasteiger partial charge is 0.359 e. The molecule has 31 heavy (non-hydrogen) atoms. The van der Waals surface area contributed by atoms with E-state index in [4.69, 9.17) is 18.9 Å². The van der Waals surface area contributed by atoms with Crippen molar-refractivity contribution >= 4 is 11.7 Å². The summed E-state index contributed by atoms with van der Waals surface area (Å²) in [5.41, 5.74) is 4.05. The average Bonchev–Trinajstić information content (AvgIpc) is 3.44. The summed E-state index contributed by atoms with van der Waals surface area (Å²) >= 11 is 0. The molecule has 166 valence electrons. The number of fused-ring (bicyclic) bond motifs is 3. The molecule has 2 atom stereocenters. The molecule has 2 saturated heterocycles. The summed E-state index contributed by atoms with van der Waals surface area (Å²) in [5, 5.41) is 4.66. The highest BCUT2D eigenvalue weighted by Crippen LogP contribution is 2.43. The number of carbonyl (C=O) groups is 1. The second-order valence-electron chi connectivity index (χ2n) is 8.22. The highest BCUT2D eigenvalue weighted by Gasteiger charge is 2.34. The predicted molar refractivity (Wildman–Crippen MR) is 114 cm³/mol. The van der Waals surface area contributed by atoms with Crippen molar-refractivity contribution in [3.8, 4) is 17.0 Å². The molecular weight excluding hydrogens is 398 g/mol. The summed E-state index contributed by atoms with van der Waals surface area (Å²) in [4.78, 5) is 14.9. The molecule has 0 radical (unpaired) electrons. The highest BCUT2D eigenvalue weighted by atomic mass is 16.5. The molecular formula is C23H29N3O5. The lowest BCUT2D eigenvalue weighted by Gasteiger charge is -2.27. The van der Waals surface area contributed by atoms with Gasteiger partial charge in [-0.2, -0.15) is 5.10 Å². The number of hydrogen-bond acceptors (Lipinski definition) is 7. The van der Waals surface area contributed by atoms with Crippen molar-refractivity contribution in [1.82, 2.24) is 9.78 Å². The van der Waals surface area contributed by atoms with Gasteiger partial charge in [0.05, 0.1) is 24.0 Å². The Hall–Kier alpha value is -2.58. The normalized spacial score (nSPS) is 22.6. The van der Waals surface area contributed by atoms with Crippen LogP contribution in [0, 0.1) is 0 Å². The molecule has 0 aliphatic carbocycles. The minimum atomic E-state index is -0.417. The van der Waals surface area contributed by atoms with E-state index in [2.05, 4.69) is 28.2 Å². The lowest BCUT2D eigenvalue weighted by molar-refractivity contribution is -0.0387. The van der Waals surface area contributed by atoms with Crippen LogP contribution in [0.4, 0.5) is 5.69 Å². The Morgan fingerprint density at radius 2 is 2.19 bits per heavy atom. The van der Waals surface area contributed by atoms with E-state index in [9.17, 15) is 4.79 Å². The monoisotopic (exact) mass is 427 g/mol. The van der Waals surface area contributed by atoms with Gasteiger partial charge in [-0.15, -0.1) is 0 Å². The summed E-state index contributed by atoms with van der Waals surface area (Å²) in [5.74, 6) is 0.387. The zero-order chi connectivity index (χ0) is 21.4. The number of anilines is 1. The molecule has 0 amide bonds. The average molecular weight is 428 g/mol. The number of hydrogen-bond donors (Lipinski definition) is 0. The number of carbonyl (C=O) groups excluding carboxylic acids is 1. The zero-order valence-electron chi connectivity index (χ0n) is 18.1. The van der Waals surface area contributed by atoms with Crippen LogP contribution in [0.5, 0.6) is 5.75 Å². The van der Waals surface area contributed by atoms with Crippen LogP contribution >= 0.6 is 0 Å². The molecule has 3 aliphatic heterocycles. The van der Waals surface area contributed by atoms with Crippen LogP contribution < -0.4 is 9.64 Å². The van der Waals surface area contributed by atoms with Gasteiger partial charge in [0.25, 0.3) is 0 Å². The minimum absolute atomic E-state index is 0.183. The lowest BCUT2D eigenvalue weighted by atomic mass is 10.0. The molecule has 0 saturated carbocycles. The molecule has 8 nitrogen and oxygen atoms in total. The van der Waals surface area contributed by atoms with Crippen molar-refractivity contribution in [2.75, 3.05) is 38.3 Å². The number of aromatic nitrogens is 2. The second-order valence-corrected chi connectivity index (χ2v) is 8.22. The van der Waals surface area contributed by atoms with Gasteiger partial charge in [-0.1, -0.05) is 0 Å². The molecule has 2 aromatic rings. The minimum Gasteiger partial charge on any atom is -0.488 e. The molecule has 0 spiro atoms. The van der Waals surface area contributed by atoms with Crippen LogP contribution in [0.25, 0.3) is 11.3 Å². The fourth-order valence-corrected chi connectivity index (χ4v) is 4.71. The van der Waals surface area contributed by atoms with Crippen molar-refractivity contribution in [1.29, 1.82) is 0 Å². The van der Waals surface area contributed by atoms with Crippen molar-refractivity contribution < 1.29 is 23.7 Å². The van der Waals surface area contributed by atoms with Gasteiger partial charge in [0, 0.05) is 44.1 Å². The van der Waals surface area contributed by atoms with E-state index >= 15 is 0 Å². The first kappa shape index (κ1) is 20.3. The standard InChI is InChI=1S/C23H29N3O5/c1-3-29-23(27)21-18-14-31-19-12-15(25-10-9-16(13-25)28-2)7-8-17(19)22(18)26(24-21)20-6-4-5-11-30-20/h7-8,12,16,20H,3-6,9-11,13-14H2,1-2H3/t16-,20?/m0/s1. The second kappa shape index (κ2) is 8.51. The molecule has 0 bridgehead atoms. The summed E-state index contributed by atoms with van der Waals surface area (Å²) in [7, 11) is 1.77. The predicted octanol–water partition coefficient (Wildman–Crippen LogP) is 3.54. The molecule has 2 fully saturated rings. The zero-order valence-corrected chi connectivity index (χ0v) is 18.1. The Morgan fingerprint density at radius 3 is 2.94 bits per heavy atom.